The first-order chi connectivity index (χ1) is 9.69. The van der Waals surface area contributed by atoms with Crippen LogP contribution in [0.15, 0.2) is 0 Å². The van der Waals surface area contributed by atoms with Gasteiger partial charge in [-0.1, -0.05) is 0 Å². The molecule has 2 rings (SSSR count). The standard InChI is InChI=1S/C13H24N6O/c1-10(2)20-9-6-15-12-16-11(14-3)17-13(18-12)19-7-4-5-8-19/h10H,4-9H2,1-3H3,(H2,14,15,16,17,18). The van der Waals surface area contributed by atoms with Crippen LogP contribution in [-0.2, 0) is 4.74 Å². The topological polar surface area (TPSA) is 75.2 Å². The molecule has 7 nitrogen and oxygen atoms in total. The molecule has 0 amide bonds. The van der Waals surface area contributed by atoms with Gasteiger partial charge in [0.25, 0.3) is 0 Å². The number of nitrogens with zero attached hydrogens (tertiary/aromatic N) is 4. The van der Waals surface area contributed by atoms with Gasteiger partial charge in [-0.15, -0.1) is 0 Å². The van der Waals surface area contributed by atoms with Crippen molar-refractivity contribution in [1.29, 1.82) is 0 Å². The van der Waals surface area contributed by atoms with Crippen molar-refractivity contribution < 1.29 is 4.74 Å². The van der Waals surface area contributed by atoms with Crippen molar-refractivity contribution >= 4 is 17.8 Å². The summed E-state index contributed by atoms with van der Waals surface area (Å²) >= 11 is 0. The van der Waals surface area contributed by atoms with Gasteiger partial charge in [0.2, 0.25) is 17.8 Å². The summed E-state index contributed by atoms with van der Waals surface area (Å²) in [7, 11) is 1.81. The van der Waals surface area contributed by atoms with E-state index in [2.05, 4.69) is 30.5 Å². The van der Waals surface area contributed by atoms with Crippen LogP contribution in [0.2, 0.25) is 0 Å². The van der Waals surface area contributed by atoms with Crippen LogP contribution in [0.3, 0.4) is 0 Å². The third-order valence-electron chi connectivity index (χ3n) is 3.07. The van der Waals surface area contributed by atoms with Crippen LogP contribution in [0.1, 0.15) is 26.7 Å². The molecule has 0 aromatic carbocycles. The third kappa shape index (κ3) is 4.19. The molecule has 1 aromatic heterocycles. The van der Waals surface area contributed by atoms with E-state index in [-0.39, 0.29) is 6.10 Å². The Labute approximate surface area is 120 Å². The summed E-state index contributed by atoms with van der Waals surface area (Å²) in [5, 5.41) is 6.16. The Hall–Kier alpha value is -1.63. The highest BCUT2D eigenvalue weighted by Crippen LogP contribution is 2.18. The zero-order chi connectivity index (χ0) is 14.4. The van der Waals surface area contributed by atoms with Crippen LogP contribution in [-0.4, -0.2) is 54.3 Å². The molecule has 1 fully saturated rings. The van der Waals surface area contributed by atoms with Gasteiger partial charge in [-0.3, -0.25) is 0 Å². The summed E-state index contributed by atoms with van der Waals surface area (Å²) in [5.41, 5.74) is 0. The zero-order valence-electron chi connectivity index (χ0n) is 12.5. The molecule has 0 radical (unpaired) electrons. The van der Waals surface area contributed by atoms with Crippen LogP contribution < -0.4 is 15.5 Å². The molecule has 1 aliphatic heterocycles. The van der Waals surface area contributed by atoms with Gasteiger partial charge < -0.3 is 20.3 Å². The van der Waals surface area contributed by atoms with Gasteiger partial charge in [0.1, 0.15) is 0 Å². The minimum atomic E-state index is 0.239. The monoisotopic (exact) mass is 280 g/mol. The maximum Gasteiger partial charge on any atom is 0.231 e. The first kappa shape index (κ1) is 14.8. The Kier molecular flexibility index (Phi) is 5.34. The van der Waals surface area contributed by atoms with E-state index in [1.54, 1.807) is 0 Å². The normalized spacial score (nSPS) is 14.9. The molecule has 0 aliphatic carbocycles. The highest BCUT2D eigenvalue weighted by atomic mass is 16.5. The SMILES string of the molecule is CNc1nc(NCCOC(C)C)nc(N2CCCC2)n1. The van der Waals surface area contributed by atoms with E-state index in [0.717, 1.165) is 19.0 Å². The van der Waals surface area contributed by atoms with Crippen LogP contribution >= 0.6 is 0 Å². The van der Waals surface area contributed by atoms with E-state index < -0.39 is 0 Å². The first-order valence-corrected chi connectivity index (χ1v) is 7.23. The highest BCUT2D eigenvalue weighted by molar-refractivity contribution is 5.44. The smallest absolute Gasteiger partial charge is 0.231 e. The second-order valence-corrected chi connectivity index (χ2v) is 5.07. The molecule has 2 N–H and O–H groups in total. The molecule has 0 bridgehead atoms. The van der Waals surface area contributed by atoms with E-state index in [1.807, 2.05) is 20.9 Å². The number of aromatic nitrogens is 3. The summed E-state index contributed by atoms with van der Waals surface area (Å²) in [6, 6.07) is 0. The summed E-state index contributed by atoms with van der Waals surface area (Å²) < 4.78 is 5.49. The molecule has 0 spiro atoms. The molecule has 2 heterocycles. The predicted octanol–water partition coefficient (Wildman–Crippen LogP) is 1.35. The molecule has 7 heteroatoms. The summed E-state index contributed by atoms with van der Waals surface area (Å²) in [4.78, 5) is 15.4. The Bertz CT molecular complexity index is 419. The summed E-state index contributed by atoms with van der Waals surface area (Å²) in [5.74, 6) is 1.93. The molecule has 0 saturated carbocycles. The number of hydrogen-bond donors (Lipinski definition) is 2. The maximum atomic E-state index is 5.49. The van der Waals surface area contributed by atoms with E-state index >= 15 is 0 Å². The average molecular weight is 280 g/mol. The maximum absolute atomic E-state index is 5.49. The van der Waals surface area contributed by atoms with Crippen molar-refractivity contribution in [2.24, 2.45) is 0 Å². The fourth-order valence-electron chi connectivity index (χ4n) is 2.07. The molecule has 1 aromatic rings. The van der Waals surface area contributed by atoms with Gasteiger partial charge in [0.05, 0.1) is 12.7 Å². The number of nitrogens with one attached hydrogen (secondary N) is 2. The molecular weight excluding hydrogens is 256 g/mol. The Morgan fingerprint density at radius 1 is 1.15 bits per heavy atom. The first-order valence-electron chi connectivity index (χ1n) is 7.23. The summed E-state index contributed by atoms with van der Waals surface area (Å²) in [6.07, 6.45) is 2.64. The van der Waals surface area contributed by atoms with Gasteiger partial charge in [-0.05, 0) is 26.7 Å². The van der Waals surface area contributed by atoms with Crippen molar-refractivity contribution in [2.45, 2.75) is 32.8 Å². The molecule has 1 aliphatic rings. The van der Waals surface area contributed by atoms with Crippen molar-refractivity contribution in [3.8, 4) is 0 Å². The van der Waals surface area contributed by atoms with E-state index in [9.17, 15) is 0 Å². The van der Waals surface area contributed by atoms with Crippen LogP contribution in [0.4, 0.5) is 17.8 Å². The number of hydrogen-bond acceptors (Lipinski definition) is 7. The number of rotatable bonds is 7. The van der Waals surface area contributed by atoms with Gasteiger partial charge in [-0.2, -0.15) is 15.0 Å². The van der Waals surface area contributed by atoms with Crippen molar-refractivity contribution in [3.05, 3.63) is 0 Å². The van der Waals surface area contributed by atoms with Crippen molar-refractivity contribution in [2.75, 3.05) is 48.8 Å². The Morgan fingerprint density at radius 3 is 2.50 bits per heavy atom. The lowest BCUT2D eigenvalue weighted by atomic mass is 10.4. The molecule has 112 valence electrons. The fraction of sp³-hybridized carbons (Fsp3) is 0.769. The van der Waals surface area contributed by atoms with Crippen molar-refractivity contribution in [3.63, 3.8) is 0 Å². The lowest BCUT2D eigenvalue weighted by molar-refractivity contribution is 0.0870. The number of anilines is 3. The fourth-order valence-corrected chi connectivity index (χ4v) is 2.07. The predicted molar refractivity (Wildman–Crippen MR) is 80.4 cm³/mol. The largest absolute Gasteiger partial charge is 0.377 e. The molecular formula is C13H24N6O. The van der Waals surface area contributed by atoms with Gasteiger partial charge in [0, 0.05) is 26.7 Å². The Balaban J connectivity index is 1.98. The van der Waals surface area contributed by atoms with Crippen LogP contribution in [0.25, 0.3) is 0 Å². The second-order valence-electron chi connectivity index (χ2n) is 5.07. The van der Waals surface area contributed by atoms with Crippen molar-refractivity contribution in [1.82, 2.24) is 15.0 Å². The minimum Gasteiger partial charge on any atom is -0.377 e. The minimum absolute atomic E-state index is 0.239. The van der Waals surface area contributed by atoms with E-state index in [4.69, 9.17) is 4.74 Å². The summed E-state index contributed by atoms with van der Waals surface area (Å²) in [6.45, 7) is 7.40. The van der Waals surface area contributed by atoms with Gasteiger partial charge in [0.15, 0.2) is 0 Å². The molecule has 0 unspecified atom stereocenters. The van der Waals surface area contributed by atoms with Crippen LogP contribution in [0, 0.1) is 0 Å². The number of ether oxygens (including phenoxy) is 1. The molecule has 1 saturated heterocycles. The van der Waals surface area contributed by atoms with Gasteiger partial charge in [-0.25, -0.2) is 0 Å². The van der Waals surface area contributed by atoms with E-state index in [1.165, 1.54) is 12.8 Å². The van der Waals surface area contributed by atoms with E-state index in [0.29, 0.717) is 25.0 Å². The average Bonchev–Trinajstić information content (AvgIpc) is 2.97. The lowest BCUT2D eigenvalue weighted by Gasteiger charge is -2.16. The zero-order valence-corrected chi connectivity index (χ0v) is 12.5. The van der Waals surface area contributed by atoms with Crippen LogP contribution in [0.5, 0.6) is 0 Å². The third-order valence-corrected chi connectivity index (χ3v) is 3.07. The lowest BCUT2D eigenvalue weighted by Crippen LogP contribution is -2.23. The molecule has 20 heavy (non-hydrogen) atoms. The molecule has 0 atom stereocenters. The quantitative estimate of drug-likeness (QED) is 0.730. The Morgan fingerprint density at radius 2 is 1.85 bits per heavy atom. The highest BCUT2D eigenvalue weighted by Gasteiger charge is 2.17. The second kappa shape index (κ2) is 7.23. The van der Waals surface area contributed by atoms with Gasteiger partial charge >= 0.3 is 0 Å².